The van der Waals surface area contributed by atoms with Gasteiger partial charge in [0.2, 0.25) is 4.93 Å². The summed E-state index contributed by atoms with van der Waals surface area (Å²) < 4.78 is 29.5. The Morgan fingerprint density at radius 1 is 1.24 bits per heavy atom. The van der Waals surface area contributed by atoms with Gasteiger partial charge in [0, 0.05) is 18.7 Å². The molecule has 29 heavy (non-hydrogen) atoms. The number of terminal acetylenes is 1. The zero-order valence-electron chi connectivity index (χ0n) is 16.4. The van der Waals surface area contributed by atoms with Crippen LogP contribution in [0.1, 0.15) is 18.1 Å². The second-order valence-electron chi connectivity index (χ2n) is 6.07. The van der Waals surface area contributed by atoms with Gasteiger partial charge in [0.25, 0.3) is 5.91 Å². The summed E-state index contributed by atoms with van der Waals surface area (Å²) in [5.41, 5.74) is 1.40. The third kappa shape index (κ3) is 5.89. The topological polar surface area (TPSA) is 56.8 Å². The molecule has 0 saturated carbocycles. The van der Waals surface area contributed by atoms with Crippen LogP contribution in [0.5, 0.6) is 11.5 Å². The van der Waals surface area contributed by atoms with Crippen LogP contribution >= 0.6 is 12.6 Å². The van der Waals surface area contributed by atoms with E-state index in [1.165, 1.54) is 24.3 Å². The molecule has 0 fully saturated rings. The summed E-state index contributed by atoms with van der Waals surface area (Å²) >= 11 is 4.45. The molecule has 2 rings (SSSR count). The normalized spacial score (nSPS) is 12.5. The Morgan fingerprint density at radius 2 is 1.97 bits per heavy atom. The number of benzene rings is 2. The van der Waals surface area contributed by atoms with Gasteiger partial charge in [-0.15, -0.1) is 19.1 Å². The van der Waals surface area contributed by atoms with Gasteiger partial charge >= 0.3 is 0 Å². The number of hydrogen-bond acceptors (Lipinski definition) is 5. The maximum atomic E-state index is 13.2. The number of halogens is 1. The van der Waals surface area contributed by atoms with E-state index in [1.54, 1.807) is 20.1 Å². The quantitative estimate of drug-likeness (QED) is 0.354. The van der Waals surface area contributed by atoms with E-state index >= 15 is 0 Å². The first-order valence-electron chi connectivity index (χ1n) is 9.08. The predicted octanol–water partition coefficient (Wildman–Crippen LogP) is 3.32. The van der Waals surface area contributed by atoms with E-state index in [4.69, 9.17) is 20.6 Å². The van der Waals surface area contributed by atoms with Crippen molar-refractivity contribution in [3.8, 4) is 23.8 Å². The zero-order chi connectivity index (χ0) is 21.3. The van der Waals surface area contributed by atoms with E-state index in [0.717, 1.165) is 5.56 Å². The average molecular weight is 418 g/mol. The van der Waals surface area contributed by atoms with E-state index < -0.39 is 16.7 Å². The molecule has 5 nitrogen and oxygen atoms in total. The first-order chi connectivity index (χ1) is 13.9. The lowest BCUT2D eigenvalue weighted by Gasteiger charge is -2.27. The van der Waals surface area contributed by atoms with Gasteiger partial charge in [-0.05, 0) is 43.2 Å². The van der Waals surface area contributed by atoms with Crippen molar-refractivity contribution in [2.75, 3.05) is 26.9 Å². The van der Waals surface area contributed by atoms with Gasteiger partial charge in [-0.1, -0.05) is 24.1 Å². The van der Waals surface area contributed by atoms with Gasteiger partial charge in [-0.25, -0.2) is 4.39 Å². The molecule has 2 aromatic rings. The third-order valence-electron chi connectivity index (χ3n) is 4.13. The molecule has 0 aliphatic heterocycles. The highest BCUT2D eigenvalue weighted by Crippen LogP contribution is 2.31. The Morgan fingerprint density at radius 3 is 2.59 bits per heavy atom. The summed E-state index contributed by atoms with van der Waals surface area (Å²) in [7, 11) is 1.55. The molecule has 2 aromatic carbocycles. The molecule has 7 heteroatoms. The van der Waals surface area contributed by atoms with Crippen LogP contribution in [0.15, 0.2) is 42.5 Å². The summed E-state index contributed by atoms with van der Waals surface area (Å²) in [5.74, 6) is 2.70. The van der Waals surface area contributed by atoms with Gasteiger partial charge in [-0.3, -0.25) is 4.79 Å². The van der Waals surface area contributed by atoms with Gasteiger partial charge in [0.05, 0.1) is 7.11 Å². The highest BCUT2D eigenvalue weighted by Gasteiger charge is 2.37. The number of amides is 1. The molecule has 0 saturated heterocycles. The maximum Gasteiger partial charge on any atom is 0.267 e. The molecule has 1 N–H and O–H groups in total. The van der Waals surface area contributed by atoms with E-state index in [-0.39, 0.29) is 13.2 Å². The molecule has 0 aromatic heterocycles. The second kappa shape index (κ2) is 10.7. The Bertz CT molecular complexity index is 866. The Balaban J connectivity index is 2.03. The molecular weight excluding hydrogens is 393 g/mol. The first kappa shape index (κ1) is 22.6. The lowest BCUT2D eigenvalue weighted by Crippen LogP contribution is -2.43. The van der Waals surface area contributed by atoms with Crippen LogP contribution < -0.4 is 14.8 Å². The van der Waals surface area contributed by atoms with Crippen molar-refractivity contribution in [3.63, 3.8) is 0 Å². The molecule has 1 amide bonds. The molecule has 1 atom stereocenters. The molecule has 0 aliphatic carbocycles. The Labute approximate surface area is 176 Å². The fraction of sp³-hybridized carbons (Fsp3) is 0.318. The van der Waals surface area contributed by atoms with Crippen molar-refractivity contribution in [1.29, 1.82) is 0 Å². The number of carbonyl (C=O) groups excluding carboxylic acids is 1. The summed E-state index contributed by atoms with van der Waals surface area (Å²) in [6, 6.07) is 11.0. The summed E-state index contributed by atoms with van der Waals surface area (Å²) in [4.78, 5) is 11.2. The standard InChI is InChI=1S/C22H24FNO4S/c1-4-14-27-19-11-6-16(15-20(19)26-3)12-13-24-21(25)22(29,28-5-2)17-7-9-18(23)10-8-17/h1,6-11,15,29H,5,12-14H2,2-3H3,(H,24,25). The van der Waals surface area contributed by atoms with Crippen molar-refractivity contribution >= 4 is 18.5 Å². The van der Waals surface area contributed by atoms with Crippen molar-refractivity contribution < 1.29 is 23.4 Å². The Kier molecular flexibility index (Phi) is 8.37. The number of rotatable bonds is 10. The van der Waals surface area contributed by atoms with Crippen LogP contribution in [-0.2, 0) is 20.9 Å². The van der Waals surface area contributed by atoms with E-state index in [9.17, 15) is 9.18 Å². The van der Waals surface area contributed by atoms with Crippen molar-refractivity contribution in [1.82, 2.24) is 5.32 Å². The zero-order valence-corrected chi connectivity index (χ0v) is 17.3. The SMILES string of the molecule is C#CCOc1ccc(CCNC(=O)C(S)(OCC)c2ccc(F)cc2)cc1OC. The minimum atomic E-state index is -1.51. The number of nitrogens with one attached hydrogen (secondary N) is 1. The smallest absolute Gasteiger partial charge is 0.267 e. The summed E-state index contributed by atoms with van der Waals surface area (Å²) in [6.07, 6.45) is 5.76. The van der Waals surface area contributed by atoms with Crippen LogP contribution in [0.2, 0.25) is 0 Å². The van der Waals surface area contributed by atoms with Crippen LogP contribution in [0, 0.1) is 18.2 Å². The lowest BCUT2D eigenvalue weighted by atomic mass is 10.1. The number of thiol groups is 1. The molecular formula is C22H24FNO4S. The molecule has 154 valence electrons. The van der Waals surface area contributed by atoms with Crippen LogP contribution in [0.25, 0.3) is 0 Å². The minimum Gasteiger partial charge on any atom is -0.493 e. The minimum absolute atomic E-state index is 0.149. The monoisotopic (exact) mass is 417 g/mol. The fourth-order valence-electron chi connectivity index (χ4n) is 2.71. The fourth-order valence-corrected chi connectivity index (χ4v) is 3.07. The Hall–Kier alpha value is -2.69. The first-order valence-corrected chi connectivity index (χ1v) is 9.53. The van der Waals surface area contributed by atoms with Gasteiger partial charge in [-0.2, -0.15) is 0 Å². The highest BCUT2D eigenvalue weighted by atomic mass is 32.1. The van der Waals surface area contributed by atoms with Gasteiger partial charge < -0.3 is 19.5 Å². The van der Waals surface area contributed by atoms with E-state index in [2.05, 4.69) is 23.9 Å². The highest BCUT2D eigenvalue weighted by molar-refractivity contribution is 7.82. The van der Waals surface area contributed by atoms with Crippen molar-refractivity contribution in [3.05, 3.63) is 59.4 Å². The van der Waals surface area contributed by atoms with Gasteiger partial charge in [0.1, 0.15) is 12.4 Å². The molecule has 1 unspecified atom stereocenters. The number of carbonyl (C=O) groups is 1. The van der Waals surface area contributed by atoms with E-state index in [1.807, 2.05) is 12.1 Å². The molecule has 0 aliphatic rings. The van der Waals surface area contributed by atoms with Crippen LogP contribution in [0.3, 0.4) is 0 Å². The molecule has 0 heterocycles. The average Bonchev–Trinajstić information content (AvgIpc) is 2.73. The van der Waals surface area contributed by atoms with Crippen molar-refractivity contribution in [2.24, 2.45) is 0 Å². The predicted molar refractivity (Wildman–Crippen MR) is 113 cm³/mol. The van der Waals surface area contributed by atoms with Crippen molar-refractivity contribution in [2.45, 2.75) is 18.3 Å². The maximum absolute atomic E-state index is 13.2. The molecule has 0 spiro atoms. The third-order valence-corrected chi connectivity index (χ3v) is 4.73. The molecule has 0 bridgehead atoms. The second-order valence-corrected chi connectivity index (χ2v) is 6.70. The lowest BCUT2D eigenvalue weighted by molar-refractivity contribution is -0.136. The number of ether oxygens (including phenoxy) is 3. The number of hydrogen-bond donors (Lipinski definition) is 2. The van der Waals surface area contributed by atoms with Gasteiger partial charge in [0.15, 0.2) is 11.5 Å². The molecule has 0 radical (unpaired) electrons. The largest absolute Gasteiger partial charge is 0.493 e. The van der Waals surface area contributed by atoms with E-state index in [0.29, 0.717) is 30.0 Å². The van der Waals surface area contributed by atoms with Crippen LogP contribution in [-0.4, -0.2) is 32.8 Å². The summed E-state index contributed by atoms with van der Waals surface area (Å²) in [6.45, 7) is 2.53. The number of methoxy groups -OCH3 is 1. The van der Waals surface area contributed by atoms with Crippen LogP contribution in [0.4, 0.5) is 4.39 Å². The summed E-state index contributed by atoms with van der Waals surface area (Å²) in [5, 5.41) is 2.82.